The van der Waals surface area contributed by atoms with Gasteiger partial charge in [-0.2, -0.15) is 0 Å². The fourth-order valence-corrected chi connectivity index (χ4v) is 3.08. The minimum Gasteiger partial charge on any atom is -0.493 e. The van der Waals surface area contributed by atoms with Gasteiger partial charge >= 0.3 is 5.97 Å². The second-order valence-electron chi connectivity index (χ2n) is 6.56. The summed E-state index contributed by atoms with van der Waals surface area (Å²) in [5.41, 5.74) is 3.88. The maximum atomic E-state index is 12.3. The number of hydrogen-bond acceptors (Lipinski definition) is 5. The van der Waals surface area contributed by atoms with E-state index in [1.165, 1.54) is 0 Å². The summed E-state index contributed by atoms with van der Waals surface area (Å²) in [7, 11) is 3.14. The van der Waals surface area contributed by atoms with Gasteiger partial charge < -0.3 is 19.5 Å². The number of anilines is 1. The van der Waals surface area contributed by atoms with E-state index in [9.17, 15) is 9.59 Å². The molecule has 0 bridgehead atoms. The number of methoxy groups -OCH3 is 2. The number of ether oxygens (including phenoxy) is 3. The zero-order chi connectivity index (χ0) is 21.2. The van der Waals surface area contributed by atoms with Crippen LogP contribution in [0, 0.1) is 0 Å². The van der Waals surface area contributed by atoms with Crippen molar-refractivity contribution in [3.05, 3.63) is 53.1 Å². The molecule has 156 valence electrons. The number of amides is 1. The van der Waals surface area contributed by atoms with Gasteiger partial charge in [0, 0.05) is 12.1 Å². The summed E-state index contributed by atoms with van der Waals surface area (Å²) in [6.45, 7) is 3.78. The third-order valence-corrected chi connectivity index (χ3v) is 4.69. The second-order valence-corrected chi connectivity index (χ2v) is 6.56. The Kier molecular flexibility index (Phi) is 8.52. The summed E-state index contributed by atoms with van der Waals surface area (Å²) in [6, 6.07) is 11.5. The standard InChI is InChI=1S/C23H29NO5/c1-5-17-8-7-9-18(6-2)23(17)24-21(25)15-29-22(26)13-11-16-10-12-19(27-3)20(14-16)28-4/h7-10,12,14H,5-6,11,13,15H2,1-4H3,(H,24,25). The highest BCUT2D eigenvalue weighted by Gasteiger charge is 2.13. The first-order valence-corrected chi connectivity index (χ1v) is 9.79. The lowest BCUT2D eigenvalue weighted by Crippen LogP contribution is -2.22. The van der Waals surface area contributed by atoms with Crippen LogP contribution >= 0.6 is 0 Å². The molecule has 0 radical (unpaired) electrons. The van der Waals surface area contributed by atoms with Gasteiger partial charge in [-0.1, -0.05) is 38.1 Å². The molecule has 0 aromatic heterocycles. The minimum absolute atomic E-state index is 0.175. The van der Waals surface area contributed by atoms with Crippen LogP contribution in [0.1, 0.15) is 37.0 Å². The fraction of sp³-hybridized carbons (Fsp3) is 0.391. The van der Waals surface area contributed by atoms with Crippen LogP contribution in [-0.2, 0) is 33.6 Å². The second kappa shape index (κ2) is 11.1. The van der Waals surface area contributed by atoms with E-state index in [4.69, 9.17) is 14.2 Å². The number of rotatable bonds is 10. The Morgan fingerprint density at radius 2 is 1.59 bits per heavy atom. The van der Waals surface area contributed by atoms with Crippen molar-refractivity contribution in [2.24, 2.45) is 0 Å². The Balaban J connectivity index is 1.86. The molecular formula is C23H29NO5. The van der Waals surface area contributed by atoms with Gasteiger partial charge in [0.2, 0.25) is 0 Å². The quantitative estimate of drug-likeness (QED) is 0.613. The summed E-state index contributed by atoms with van der Waals surface area (Å²) in [6.07, 6.45) is 2.29. The number of para-hydroxylation sites is 1. The fourth-order valence-electron chi connectivity index (χ4n) is 3.08. The molecular weight excluding hydrogens is 370 g/mol. The number of carbonyl (C=O) groups is 2. The maximum Gasteiger partial charge on any atom is 0.306 e. The van der Waals surface area contributed by atoms with Gasteiger partial charge in [-0.3, -0.25) is 9.59 Å². The van der Waals surface area contributed by atoms with Crippen molar-refractivity contribution in [2.75, 3.05) is 26.1 Å². The molecule has 2 aromatic rings. The Morgan fingerprint density at radius 1 is 0.931 bits per heavy atom. The summed E-state index contributed by atoms with van der Waals surface area (Å²) >= 11 is 0. The third kappa shape index (κ3) is 6.24. The molecule has 0 saturated heterocycles. The normalized spacial score (nSPS) is 10.3. The lowest BCUT2D eigenvalue weighted by atomic mass is 10.0. The molecule has 6 nitrogen and oxygen atoms in total. The number of aryl methyl sites for hydroxylation is 3. The molecule has 1 amide bonds. The summed E-state index contributed by atoms with van der Waals surface area (Å²) in [5, 5.41) is 2.89. The number of hydrogen-bond donors (Lipinski definition) is 1. The molecule has 0 aliphatic rings. The summed E-state index contributed by atoms with van der Waals surface area (Å²) in [4.78, 5) is 24.3. The van der Waals surface area contributed by atoms with E-state index in [0.29, 0.717) is 17.9 Å². The zero-order valence-electron chi connectivity index (χ0n) is 17.5. The van der Waals surface area contributed by atoms with Crippen LogP contribution in [0.25, 0.3) is 0 Å². The molecule has 0 atom stereocenters. The predicted octanol–water partition coefficient (Wildman–Crippen LogP) is 3.94. The smallest absolute Gasteiger partial charge is 0.306 e. The van der Waals surface area contributed by atoms with Crippen LogP contribution < -0.4 is 14.8 Å². The molecule has 0 heterocycles. The SMILES string of the molecule is CCc1cccc(CC)c1NC(=O)COC(=O)CCc1ccc(OC)c(OC)c1. The van der Waals surface area contributed by atoms with Crippen molar-refractivity contribution in [3.63, 3.8) is 0 Å². The van der Waals surface area contributed by atoms with Crippen molar-refractivity contribution >= 4 is 17.6 Å². The van der Waals surface area contributed by atoms with Crippen molar-refractivity contribution in [1.29, 1.82) is 0 Å². The van der Waals surface area contributed by atoms with Crippen molar-refractivity contribution in [2.45, 2.75) is 39.5 Å². The molecule has 0 fully saturated rings. The largest absolute Gasteiger partial charge is 0.493 e. The van der Waals surface area contributed by atoms with Gasteiger partial charge in [0.05, 0.1) is 14.2 Å². The van der Waals surface area contributed by atoms with Gasteiger partial charge in [-0.25, -0.2) is 0 Å². The zero-order valence-corrected chi connectivity index (χ0v) is 17.5. The van der Waals surface area contributed by atoms with E-state index in [2.05, 4.69) is 5.32 Å². The number of nitrogens with one attached hydrogen (secondary N) is 1. The molecule has 0 aliphatic carbocycles. The van der Waals surface area contributed by atoms with E-state index in [1.807, 2.05) is 44.2 Å². The molecule has 2 rings (SSSR count). The molecule has 0 aliphatic heterocycles. The lowest BCUT2D eigenvalue weighted by Gasteiger charge is -2.14. The van der Waals surface area contributed by atoms with Gasteiger partial charge in [0.15, 0.2) is 18.1 Å². The first kappa shape index (κ1) is 22.3. The highest BCUT2D eigenvalue weighted by molar-refractivity contribution is 5.94. The van der Waals surface area contributed by atoms with Crippen LogP contribution in [0.4, 0.5) is 5.69 Å². The van der Waals surface area contributed by atoms with E-state index in [-0.39, 0.29) is 18.9 Å². The van der Waals surface area contributed by atoms with Gasteiger partial charge in [0.25, 0.3) is 5.91 Å². The molecule has 0 saturated carbocycles. The van der Waals surface area contributed by atoms with Crippen LogP contribution in [0.2, 0.25) is 0 Å². The molecule has 29 heavy (non-hydrogen) atoms. The summed E-state index contributed by atoms with van der Waals surface area (Å²) in [5.74, 6) is 0.489. The molecule has 0 spiro atoms. The first-order chi connectivity index (χ1) is 14.0. The van der Waals surface area contributed by atoms with Crippen molar-refractivity contribution < 1.29 is 23.8 Å². The number of benzene rings is 2. The topological polar surface area (TPSA) is 73.9 Å². The molecule has 2 aromatic carbocycles. The third-order valence-electron chi connectivity index (χ3n) is 4.69. The summed E-state index contributed by atoms with van der Waals surface area (Å²) < 4.78 is 15.6. The van der Waals surface area contributed by atoms with Crippen molar-refractivity contribution in [1.82, 2.24) is 0 Å². The van der Waals surface area contributed by atoms with Crippen LogP contribution in [0.3, 0.4) is 0 Å². The predicted molar refractivity (Wildman–Crippen MR) is 113 cm³/mol. The minimum atomic E-state index is -0.422. The van der Waals surface area contributed by atoms with Gasteiger partial charge in [-0.05, 0) is 48.1 Å². The average Bonchev–Trinajstić information content (AvgIpc) is 2.75. The number of carbonyl (C=O) groups excluding carboxylic acids is 2. The Morgan fingerprint density at radius 3 is 2.17 bits per heavy atom. The monoisotopic (exact) mass is 399 g/mol. The average molecular weight is 399 g/mol. The van der Waals surface area contributed by atoms with E-state index < -0.39 is 5.97 Å². The first-order valence-electron chi connectivity index (χ1n) is 9.79. The Hall–Kier alpha value is -3.02. The molecule has 6 heteroatoms. The lowest BCUT2D eigenvalue weighted by molar-refractivity contribution is -0.147. The van der Waals surface area contributed by atoms with E-state index in [0.717, 1.165) is 35.2 Å². The van der Waals surface area contributed by atoms with E-state index >= 15 is 0 Å². The Labute approximate surface area is 172 Å². The molecule has 1 N–H and O–H groups in total. The van der Waals surface area contributed by atoms with Crippen LogP contribution in [0.15, 0.2) is 36.4 Å². The highest BCUT2D eigenvalue weighted by Crippen LogP contribution is 2.28. The van der Waals surface area contributed by atoms with Crippen LogP contribution in [-0.4, -0.2) is 32.7 Å². The maximum absolute atomic E-state index is 12.3. The molecule has 0 unspecified atom stereocenters. The van der Waals surface area contributed by atoms with Gasteiger partial charge in [-0.15, -0.1) is 0 Å². The van der Waals surface area contributed by atoms with Gasteiger partial charge in [0.1, 0.15) is 0 Å². The number of esters is 1. The Bertz CT molecular complexity index is 825. The highest BCUT2D eigenvalue weighted by atomic mass is 16.5. The van der Waals surface area contributed by atoms with Crippen LogP contribution in [0.5, 0.6) is 11.5 Å². The van der Waals surface area contributed by atoms with Crippen molar-refractivity contribution in [3.8, 4) is 11.5 Å². The van der Waals surface area contributed by atoms with E-state index in [1.54, 1.807) is 20.3 Å².